The van der Waals surface area contributed by atoms with E-state index >= 15 is 0 Å². The van der Waals surface area contributed by atoms with Gasteiger partial charge in [0.05, 0.1) is 6.26 Å². The monoisotopic (exact) mass is 427 g/mol. The quantitative estimate of drug-likeness (QED) is 0.355. The Labute approximate surface area is 189 Å². The van der Waals surface area contributed by atoms with Crippen LogP contribution in [-0.2, 0) is 6.42 Å². The Kier molecular flexibility index (Phi) is 6.45. The summed E-state index contributed by atoms with van der Waals surface area (Å²) in [5.74, 6) is 2.93. The average Bonchev–Trinajstić information content (AvgIpc) is 3.54. The molecule has 0 spiro atoms. The molecule has 0 saturated carbocycles. The Morgan fingerprint density at radius 2 is 1.56 bits per heavy atom. The highest BCUT2D eigenvalue weighted by molar-refractivity contribution is 5.44. The largest absolute Gasteiger partial charge is 0.461 e. The average molecular weight is 428 g/mol. The maximum atomic E-state index is 5.46. The van der Waals surface area contributed by atoms with Crippen LogP contribution in [0.15, 0.2) is 88.0 Å². The summed E-state index contributed by atoms with van der Waals surface area (Å²) in [4.78, 5) is 7.12. The molecule has 0 N–H and O–H groups in total. The minimum absolute atomic E-state index is 0.438. The van der Waals surface area contributed by atoms with Crippen LogP contribution in [0.1, 0.15) is 42.2 Å². The molecule has 0 amide bonds. The van der Waals surface area contributed by atoms with E-state index in [9.17, 15) is 0 Å². The third-order valence-corrected chi connectivity index (χ3v) is 6.52. The summed E-state index contributed by atoms with van der Waals surface area (Å²) in [6.07, 6.45) is 5.94. The van der Waals surface area contributed by atoms with Gasteiger partial charge in [-0.25, -0.2) is 0 Å². The molecule has 1 saturated heterocycles. The summed E-state index contributed by atoms with van der Waals surface area (Å²) >= 11 is 0. The first-order valence-electron chi connectivity index (χ1n) is 11.5. The van der Waals surface area contributed by atoms with E-state index in [1.807, 2.05) is 12.1 Å². The molecule has 32 heavy (non-hydrogen) atoms. The highest BCUT2D eigenvalue weighted by Gasteiger charge is 2.23. The van der Waals surface area contributed by atoms with E-state index in [0.29, 0.717) is 29.3 Å². The number of furan rings is 1. The van der Waals surface area contributed by atoms with E-state index in [0.717, 1.165) is 32.5 Å². The van der Waals surface area contributed by atoms with Gasteiger partial charge >= 0.3 is 0 Å². The van der Waals surface area contributed by atoms with Gasteiger partial charge in [0.25, 0.3) is 0 Å². The summed E-state index contributed by atoms with van der Waals surface area (Å²) in [7, 11) is 0. The van der Waals surface area contributed by atoms with E-state index in [1.54, 1.807) is 6.26 Å². The van der Waals surface area contributed by atoms with Gasteiger partial charge in [0.1, 0.15) is 0 Å². The number of likely N-dealkylation sites (tertiary alicyclic amines) is 1. The van der Waals surface area contributed by atoms with Crippen molar-refractivity contribution in [1.82, 2.24) is 15.0 Å². The van der Waals surface area contributed by atoms with E-state index in [-0.39, 0.29) is 0 Å². The van der Waals surface area contributed by atoms with Crippen molar-refractivity contribution in [2.45, 2.75) is 31.6 Å². The zero-order valence-electron chi connectivity index (χ0n) is 18.3. The van der Waals surface area contributed by atoms with E-state index in [1.165, 1.54) is 24.0 Å². The topological polar surface area (TPSA) is 55.3 Å². The summed E-state index contributed by atoms with van der Waals surface area (Å²) in [5.41, 5.74) is 2.80. The third kappa shape index (κ3) is 5.00. The van der Waals surface area contributed by atoms with E-state index in [4.69, 9.17) is 8.94 Å². The second-order valence-corrected chi connectivity index (χ2v) is 8.64. The molecule has 0 bridgehead atoms. The lowest BCUT2D eigenvalue weighted by Gasteiger charge is -2.32. The molecule has 0 radical (unpaired) electrons. The first-order valence-corrected chi connectivity index (χ1v) is 11.5. The molecule has 4 aromatic rings. The number of nitrogens with zero attached hydrogens (tertiary/aromatic N) is 3. The molecule has 1 aliphatic heterocycles. The number of hydrogen-bond donors (Lipinski definition) is 0. The Balaban J connectivity index is 1.14. The fraction of sp³-hybridized carbons (Fsp3) is 0.333. The van der Waals surface area contributed by atoms with Crippen LogP contribution in [0.4, 0.5) is 0 Å². The minimum Gasteiger partial charge on any atom is -0.461 e. The molecule has 5 heteroatoms. The second-order valence-electron chi connectivity index (χ2n) is 8.64. The van der Waals surface area contributed by atoms with Crippen molar-refractivity contribution in [1.29, 1.82) is 0 Å². The van der Waals surface area contributed by atoms with Crippen LogP contribution in [0, 0.1) is 5.92 Å². The third-order valence-electron chi connectivity index (χ3n) is 6.52. The maximum absolute atomic E-state index is 5.46. The molecular weight excluding hydrogens is 398 g/mol. The van der Waals surface area contributed by atoms with Gasteiger partial charge in [0.2, 0.25) is 11.7 Å². The highest BCUT2D eigenvalue weighted by Crippen LogP contribution is 2.29. The molecule has 1 aliphatic rings. The van der Waals surface area contributed by atoms with Crippen molar-refractivity contribution in [3.63, 3.8) is 0 Å². The van der Waals surface area contributed by atoms with Gasteiger partial charge in [-0.1, -0.05) is 65.8 Å². The lowest BCUT2D eigenvalue weighted by atomic mass is 9.87. The van der Waals surface area contributed by atoms with E-state index < -0.39 is 0 Å². The van der Waals surface area contributed by atoms with Gasteiger partial charge in [-0.05, 0) is 68.1 Å². The summed E-state index contributed by atoms with van der Waals surface area (Å²) in [5, 5.41) is 4.06. The summed E-state index contributed by atoms with van der Waals surface area (Å²) in [6, 6.07) is 25.5. The molecular formula is C27H29N3O2. The maximum Gasteiger partial charge on any atom is 0.238 e. The molecule has 0 atom stereocenters. The van der Waals surface area contributed by atoms with Gasteiger partial charge < -0.3 is 13.8 Å². The number of rotatable bonds is 8. The Morgan fingerprint density at radius 1 is 0.875 bits per heavy atom. The number of aromatic nitrogens is 2. The SMILES string of the molecule is c1ccc(C(CCN2CCC(Cc3nc(-c4ccco4)no3)CC2)c2ccccc2)cc1. The van der Waals surface area contributed by atoms with Gasteiger partial charge in [0.15, 0.2) is 5.76 Å². The first kappa shape index (κ1) is 20.7. The van der Waals surface area contributed by atoms with Crippen LogP contribution in [0.3, 0.4) is 0 Å². The van der Waals surface area contributed by atoms with Crippen molar-refractivity contribution in [2.75, 3.05) is 19.6 Å². The van der Waals surface area contributed by atoms with Crippen molar-refractivity contribution < 1.29 is 8.94 Å². The molecule has 3 heterocycles. The summed E-state index contributed by atoms with van der Waals surface area (Å²) < 4.78 is 10.8. The standard InChI is InChI=1S/C27H29N3O2/c1-3-8-22(9-4-1)24(23-10-5-2-6-11-23)15-18-30-16-13-21(14-17-30)20-26-28-27(29-32-26)25-12-7-19-31-25/h1-12,19,21,24H,13-18,20H2. The zero-order valence-corrected chi connectivity index (χ0v) is 18.3. The zero-order chi connectivity index (χ0) is 21.6. The van der Waals surface area contributed by atoms with Crippen molar-refractivity contribution in [3.8, 4) is 11.6 Å². The van der Waals surface area contributed by atoms with E-state index in [2.05, 4.69) is 75.7 Å². The van der Waals surface area contributed by atoms with Crippen molar-refractivity contribution in [3.05, 3.63) is 96.1 Å². The van der Waals surface area contributed by atoms with Crippen LogP contribution in [0.25, 0.3) is 11.6 Å². The van der Waals surface area contributed by atoms with Crippen LogP contribution in [0.2, 0.25) is 0 Å². The van der Waals surface area contributed by atoms with Crippen molar-refractivity contribution in [2.24, 2.45) is 5.92 Å². The van der Waals surface area contributed by atoms with Crippen LogP contribution in [-0.4, -0.2) is 34.7 Å². The molecule has 2 aromatic heterocycles. The molecule has 0 unspecified atom stereocenters. The molecule has 164 valence electrons. The minimum atomic E-state index is 0.438. The lowest BCUT2D eigenvalue weighted by molar-refractivity contribution is 0.174. The Hall–Kier alpha value is -3.18. The van der Waals surface area contributed by atoms with Gasteiger partial charge in [-0.2, -0.15) is 4.98 Å². The fourth-order valence-electron chi connectivity index (χ4n) is 4.71. The first-order chi connectivity index (χ1) is 15.8. The number of hydrogen-bond acceptors (Lipinski definition) is 5. The molecule has 1 fully saturated rings. The molecule has 2 aromatic carbocycles. The number of piperidine rings is 1. The second kappa shape index (κ2) is 9.96. The smallest absolute Gasteiger partial charge is 0.238 e. The van der Waals surface area contributed by atoms with Gasteiger partial charge in [-0.15, -0.1) is 0 Å². The van der Waals surface area contributed by atoms with Crippen molar-refractivity contribution >= 4 is 0 Å². The van der Waals surface area contributed by atoms with Crippen LogP contribution in [0.5, 0.6) is 0 Å². The lowest BCUT2D eigenvalue weighted by Crippen LogP contribution is -2.35. The predicted molar refractivity (Wildman–Crippen MR) is 124 cm³/mol. The molecule has 0 aliphatic carbocycles. The number of benzene rings is 2. The summed E-state index contributed by atoms with van der Waals surface area (Å²) in [6.45, 7) is 3.37. The normalized spacial score (nSPS) is 15.4. The highest BCUT2D eigenvalue weighted by atomic mass is 16.5. The van der Waals surface area contributed by atoms with Crippen LogP contribution < -0.4 is 0 Å². The van der Waals surface area contributed by atoms with Gasteiger partial charge in [0, 0.05) is 12.3 Å². The molecule has 5 rings (SSSR count). The van der Waals surface area contributed by atoms with Crippen LogP contribution >= 0.6 is 0 Å². The Bertz CT molecular complexity index is 1030. The molecule has 5 nitrogen and oxygen atoms in total. The fourth-order valence-corrected chi connectivity index (χ4v) is 4.71. The van der Waals surface area contributed by atoms with Gasteiger partial charge in [-0.3, -0.25) is 0 Å². The Morgan fingerprint density at radius 3 is 2.19 bits per heavy atom. The predicted octanol–water partition coefficient (Wildman–Crippen LogP) is 5.81.